The lowest BCUT2D eigenvalue weighted by molar-refractivity contribution is 0.101. The number of aryl methyl sites for hydroxylation is 2. The minimum atomic E-state index is -0.310. The van der Waals surface area contributed by atoms with E-state index in [1.165, 1.54) is 4.40 Å². The zero-order valence-corrected chi connectivity index (χ0v) is 18.4. The van der Waals surface area contributed by atoms with E-state index in [0.29, 0.717) is 54.2 Å². The third-order valence-corrected chi connectivity index (χ3v) is 5.28. The maximum atomic E-state index is 13.2. The molecule has 0 radical (unpaired) electrons. The summed E-state index contributed by atoms with van der Waals surface area (Å²) in [6.07, 6.45) is 2.37. The van der Waals surface area contributed by atoms with E-state index in [4.69, 9.17) is 14.5 Å². The monoisotopic (exact) mass is 434 g/mol. The van der Waals surface area contributed by atoms with Crippen LogP contribution in [0.15, 0.2) is 53.5 Å². The molecule has 0 saturated carbocycles. The molecule has 3 aromatic heterocycles. The fraction of sp³-hybridized carbons (Fsp3) is 0.292. The summed E-state index contributed by atoms with van der Waals surface area (Å²) in [6, 6.07) is 12.5. The molecule has 3 heterocycles. The smallest absolute Gasteiger partial charge is 0.272 e. The Hall–Kier alpha value is -3.65. The maximum absolute atomic E-state index is 13.2. The predicted octanol–water partition coefficient (Wildman–Crippen LogP) is 3.65. The SMILES string of the molecule is CCOc1ccc(NC(=O)c2cc3c(=O)n4cccc(C)c4nc3n2CCCOC)cc1. The van der Waals surface area contributed by atoms with Gasteiger partial charge >= 0.3 is 0 Å². The number of benzene rings is 1. The summed E-state index contributed by atoms with van der Waals surface area (Å²) in [6.45, 7) is 5.43. The Bertz CT molecular complexity index is 1320. The summed E-state index contributed by atoms with van der Waals surface area (Å²) in [4.78, 5) is 31.1. The molecule has 32 heavy (non-hydrogen) atoms. The maximum Gasteiger partial charge on any atom is 0.272 e. The Morgan fingerprint density at radius 1 is 1.16 bits per heavy atom. The predicted molar refractivity (Wildman–Crippen MR) is 124 cm³/mol. The van der Waals surface area contributed by atoms with E-state index in [0.717, 1.165) is 11.3 Å². The van der Waals surface area contributed by atoms with Crippen LogP contribution >= 0.6 is 0 Å². The third kappa shape index (κ3) is 4.09. The Balaban J connectivity index is 1.78. The summed E-state index contributed by atoms with van der Waals surface area (Å²) in [5, 5.41) is 3.31. The highest BCUT2D eigenvalue weighted by atomic mass is 16.5. The Kier molecular flexibility index (Phi) is 6.23. The van der Waals surface area contributed by atoms with Gasteiger partial charge in [-0.25, -0.2) is 4.98 Å². The number of aromatic nitrogens is 3. The van der Waals surface area contributed by atoms with Gasteiger partial charge in [0.1, 0.15) is 22.7 Å². The fourth-order valence-corrected chi connectivity index (χ4v) is 3.74. The molecule has 1 aromatic carbocycles. The normalized spacial score (nSPS) is 11.2. The van der Waals surface area contributed by atoms with E-state index >= 15 is 0 Å². The number of ether oxygens (including phenoxy) is 2. The average Bonchev–Trinajstić information content (AvgIpc) is 3.15. The number of rotatable bonds is 8. The minimum absolute atomic E-state index is 0.200. The van der Waals surface area contributed by atoms with Crippen LogP contribution in [0.4, 0.5) is 5.69 Å². The largest absolute Gasteiger partial charge is 0.494 e. The van der Waals surface area contributed by atoms with Crippen molar-refractivity contribution in [1.29, 1.82) is 0 Å². The second-order valence-corrected chi connectivity index (χ2v) is 7.48. The molecule has 166 valence electrons. The van der Waals surface area contributed by atoms with Crippen LogP contribution in [0, 0.1) is 6.92 Å². The second-order valence-electron chi connectivity index (χ2n) is 7.48. The molecule has 4 aromatic rings. The molecule has 0 spiro atoms. The lowest BCUT2D eigenvalue weighted by Gasteiger charge is -2.11. The summed E-state index contributed by atoms with van der Waals surface area (Å²) >= 11 is 0. The highest BCUT2D eigenvalue weighted by Gasteiger charge is 2.20. The van der Waals surface area contributed by atoms with Crippen molar-refractivity contribution in [3.8, 4) is 5.75 Å². The lowest BCUT2D eigenvalue weighted by Crippen LogP contribution is -2.18. The molecule has 8 heteroatoms. The van der Waals surface area contributed by atoms with Gasteiger partial charge in [0.05, 0.1) is 12.0 Å². The summed E-state index contributed by atoms with van der Waals surface area (Å²) in [5.41, 5.74) is 2.78. The highest BCUT2D eigenvalue weighted by molar-refractivity contribution is 6.06. The third-order valence-electron chi connectivity index (χ3n) is 5.28. The topological polar surface area (TPSA) is 86.9 Å². The van der Waals surface area contributed by atoms with Crippen molar-refractivity contribution >= 4 is 28.3 Å². The molecular formula is C24H26N4O4. The summed E-state index contributed by atoms with van der Waals surface area (Å²) in [7, 11) is 1.63. The van der Waals surface area contributed by atoms with Gasteiger partial charge in [0.25, 0.3) is 11.5 Å². The number of carbonyl (C=O) groups excluding carboxylic acids is 1. The molecule has 0 bridgehead atoms. The molecule has 1 amide bonds. The molecule has 1 N–H and O–H groups in total. The average molecular weight is 434 g/mol. The van der Waals surface area contributed by atoms with Crippen molar-refractivity contribution in [2.45, 2.75) is 26.8 Å². The van der Waals surface area contributed by atoms with E-state index in [-0.39, 0.29) is 11.5 Å². The van der Waals surface area contributed by atoms with Gasteiger partial charge in [0.2, 0.25) is 0 Å². The number of pyridine rings is 1. The number of amides is 1. The molecule has 8 nitrogen and oxygen atoms in total. The van der Waals surface area contributed by atoms with E-state index in [1.54, 1.807) is 48.2 Å². The number of hydrogen-bond acceptors (Lipinski definition) is 5. The molecule has 0 aliphatic carbocycles. The van der Waals surface area contributed by atoms with Gasteiger partial charge in [-0.15, -0.1) is 0 Å². The van der Waals surface area contributed by atoms with E-state index in [2.05, 4.69) is 5.32 Å². The van der Waals surface area contributed by atoms with Crippen LogP contribution < -0.4 is 15.6 Å². The van der Waals surface area contributed by atoms with E-state index < -0.39 is 0 Å². The molecule has 0 fully saturated rings. The standard InChI is InChI=1S/C24H26N4O4/c1-4-32-18-10-8-17(9-11-18)25-23(29)20-15-19-22(27(20)13-6-14-31-3)26-21-16(2)7-5-12-28(21)24(19)30/h5,7-12,15H,4,6,13-14H2,1-3H3,(H,25,29). The van der Waals surface area contributed by atoms with Gasteiger partial charge in [-0.2, -0.15) is 0 Å². The number of carbonyl (C=O) groups is 1. The Morgan fingerprint density at radius 2 is 1.94 bits per heavy atom. The van der Waals surface area contributed by atoms with Crippen LogP contribution in [-0.2, 0) is 11.3 Å². The van der Waals surface area contributed by atoms with Gasteiger partial charge in [-0.05, 0) is 62.2 Å². The second kappa shape index (κ2) is 9.23. The number of fused-ring (bicyclic) bond motifs is 2. The number of anilines is 1. The van der Waals surface area contributed by atoms with Gasteiger partial charge < -0.3 is 19.4 Å². The van der Waals surface area contributed by atoms with Gasteiger partial charge in [-0.1, -0.05) is 6.07 Å². The lowest BCUT2D eigenvalue weighted by atomic mass is 10.2. The first kappa shape index (κ1) is 21.6. The van der Waals surface area contributed by atoms with Gasteiger partial charge in [0.15, 0.2) is 0 Å². The van der Waals surface area contributed by atoms with Crippen molar-refractivity contribution < 1.29 is 14.3 Å². The molecule has 0 aliphatic heterocycles. The van der Waals surface area contributed by atoms with Crippen LogP contribution in [-0.4, -0.2) is 40.2 Å². The van der Waals surface area contributed by atoms with E-state index in [1.807, 2.05) is 26.0 Å². The Labute approximate surface area is 185 Å². The van der Waals surface area contributed by atoms with Crippen molar-refractivity contribution in [3.05, 3.63) is 70.3 Å². The minimum Gasteiger partial charge on any atom is -0.494 e. The van der Waals surface area contributed by atoms with Crippen LogP contribution in [0.1, 0.15) is 29.4 Å². The first-order valence-corrected chi connectivity index (χ1v) is 10.6. The highest BCUT2D eigenvalue weighted by Crippen LogP contribution is 2.21. The van der Waals surface area contributed by atoms with Gasteiger partial charge in [-0.3, -0.25) is 14.0 Å². The molecule has 0 aliphatic rings. The van der Waals surface area contributed by atoms with Crippen molar-refractivity contribution in [1.82, 2.24) is 14.0 Å². The van der Waals surface area contributed by atoms with Crippen molar-refractivity contribution in [3.63, 3.8) is 0 Å². The first-order valence-electron chi connectivity index (χ1n) is 10.6. The molecule has 0 saturated heterocycles. The molecule has 0 unspecified atom stereocenters. The van der Waals surface area contributed by atoms with Crippen molar-refractivity contribution in [2.75, 3.05) is 25.6 Å². The first-order chi connectivity index (χ1) is 15.5. The Morgan fingerprint density at radius 3 is 2.66 bits per heavy atom. The van der Waals surface area contributed by atoms with Crippen molar-refractivity contribution in [2.24, 2.45) is 0 Å². The molecule has 4 rings (SSSR count). The van der Waals surface area contributed by atoms with Crippen LogP contribution in [0.3, 0.4) is 0 Å². The molecule has 0 atom stereocenters. The van der Waals surface area contributed by atoms with Crippen LogP contribution in [0.5, 0.6) is 5.75 Å². The number of methoxy groups -OCH3 is 1. The zero-order chi connectivity index (χ0) is 22.7. The molecular weight excluding hydrogens is 408 g/mol. The zero-order valence-electron chi connectivity index (χ0n) is 18.4. The quantitative estimate of drug-likeness (QED) is 0.428. The fourth-order valence-electron chi connectivity index (χ4n) is 3.74. The number of hydrogen-bond donors (Lipinski definition) is 1. The number of nitrogens with one attached hydrogen (secondary N) is 1. The van der Waals surface area contributed by atoms with Crippen LogP contribution in [0.2, 0.25) is 0 Å². The summed E-state index contributed by atoms with van der Waals surface area (Å²) < 4.78 is 13.9. The van der Waals surface area contributed by atoms with Gasteiger partial charge in [0, 0.05) is 32.1 Å². The van der Waals surface area contributed by atoms with Crippen LogP contribution in [0.25, 0.3) is 16.7 Å². The summed E-state index contributed by atoms with van der Waals surface area (Å²) in [5.74, 6) is 0.424. The number of nitrogens with zero attached hydrogens (tertiary/aromatic N) is 3. The van der Waals surface area contributed by atoms with E-state index in [9.17, 15) is 9.59 Å².